The molecule has 0 unspecified atom stereocenters. The topological polar surface area (TPSA) is 88.5 Å². The molecule has 10 heteroatoms. The highest BCUT2D eigenvalue weighted by Crippen LogP contribution is 2.40. The smallest absolute Gasteiger partial charge is 0.173 e. The van der Waals surface area contributed by atoms with Crippen LogP contribution in [0.4, 0.5) is 10.1 Å². The summed E-state index contributed by atoms with van der Waals surface area (Å²) in [5.41, 5.74) is 1.61. The molecule has 1 aliphatic rings. The molecule has 0 spiro atoms. The van der Waals surface area contributed by atoms with Gasteiger partial charge in [-0.2, -0.15) is 10.4 Å². The fraction of sp³-hybridized carbons (Fsp3) is 0.421. The minimum absolute atomic E-state index is 0.226. The number of nitrogens with zero attached hydrogens (tertiary/aromatic N) is 8. The average Bonchev–Trinajstić information content (AvgIpc) is 3.27. The lowest BCUT2D eigenvalue weighted by Crippen LogP contribution is -2.42. The van der Waals surface area contributed by atoms with Crippen molar-refractivity contribution in [1.82, 2.24) is 29.5 Å². The highest BCUT2D eigenvalue weighted by Gasteiger charge is 2.41. The number of hydrogen-bond acceptors (Lipinski definition) is 6. The summed E-state index contributed by atoms with van der Waals surface area (Å²) in [6.07, 6.45) is 3.79. The minimum atomic E-state index is -1.55. The van der Waals surface area contributed by atoms with Crippen LogP contribution in [0.1, 0.15) is 29.9 Å². The van der Waals surface area contributed by atoms with E-state index in [1.165, 1.54) is 6.33 Å². The van der Waals surface area contributed by atoms with Crippen molar-refractivity contribution in [1.29, 1.82) is 5.26 Å². The van der Waals surface area contributed by atoms with E-state index in [2.05, 4.69) is 26.3 Å². The van der Waals surface area contributed by atoms with Gasteiger partial charge in [0.25, 0.3) is 0 Å². The van der Waals surface area contributed by atoms with Crippen molar-refractivity contribution in [2.24, 2.45) is 14.1 Å². The normalized spacial score (nSPS) is 16.1. The Labute approximate surface area is 172 Å². The zero-order chi connectivity index (χ0) is 20.8. The lowest BCUT2D eigenvalue weighted by molar-refractivity contribution is 0.109. The van der Waals surface area contributed by atoms with Crippen molar-refractivity contribution in [2.75, 3.05) is 18.0 Å². The number of hydrogen-bond donors (Lipinski definition) is 0. The quantitative estimate of drug-likeness (QED) is 0.612. The van der Waals surface area contributed by atoms with Crippen LogP contribution in [0.3, 0.4) is 0 Å². The molecule has 8 nitrogen and oxygen atoms in total. The van der Waals surface area contributed by atoms with Crippen molar-refractivity contribution in [3.63, 3.8) is 0 Å². The number of anilines is 1. The Morgan fingerprint density at radius 3 is 2.55 bits per heavy atom. The van der Waals surface area contributed by atoms with Crippen LogP contribution in [0.5, 0.6) is 0 Å². The molecule has 150 valence electrons. The van der Waals surface area contributed by atoms with Crippen LogP contribution in [0.15, 0.2) is 18.6 Å². The molecule has 3 aromatic rings. The van der Waals surface area contributed by atoms with Gasteiger partial charge in [0.2, 0.25) is 0 Å². The second-order valence-electron chi connectivity index (χ2n) is 7.33. The summed E-state index contributed by atoms with van der Waals surface area (Å²) in [4.78, 5) is 6.42. The van der Waals surface area contributed by atoms with E-state index >= 15 is 4.39 Å². The molecule has 0 aliphatic carbocycles. The second kappa shape index (κ2) is 7.12. The molecule has 0 saturated carbocycles. The third-order valence-electron chi connectivity index (χ3n) is 5.34. The molecule has 1 aliphatic heterocycles. The number of nitriles is 1. The Bertz CT molecular complexity index is 1100. The molecular weight excluding hydrogens is 395 g/mol. The Morgan fingerprint density at radius 2 is 2.00 bits per heavy atom. The summed E-state index contributed by atoms with van der Waals surface area (Å²) >= 11 is 6.50. The van der Waals surface area contributed by atoms with Gasteiger partial charge in [-0.25, -0.2) is 9.37 Å². The van der Waals surface area contributed by atoms with Crippen LogP contribution in [-0.2, 0) is 19.8 Å². The monoisotopic (exact) mass is 414 g/mol. The maximum atomic E-state index is 15.4. The maximum Gasteiger partial charge on any atom is 0.173 e. The summed E-state index contributed by atoms with van der Waals surface area (Å²) in [7, 11) is 3.56. The molecule has 0 radical (unpaired) electrons. The number of halogens is 2. The van der Waals surface area contributed by atoms with E-state index < -0.39 is 5.67 Å². The number of piperidine rings is 1. The van der Waals surface area contributed by atoms with Gasteiger partial charge >= 0.3 is 0 Å². The van der Waals surface area contributed by atoms with E-state index in [1.807, 2.05) is 25.1 Å². The molecule has 1 saturated heterocycles. The van der Waals surface area contributed by atoms with Gasteiger partial charge in [-0.3, -0.25) is 4.68 Å². The van der Waals surface area contributed by atoms with Gasteiger partial charge in [0.05, 0.1) is 22.6 Å². The van der Waals surface area contributed by atoms with E-state index in [-0.39, 0.29) is 18.0 Å². The zero-order valence-corrected chi connectivity index (χ0v) is 17.2. The second-order valence-corrected chi connectivity index (χ2v) is 7.68. The Kier molecular flexibility index (Phi) is 4.74. The number of aryl methyl sites for hydroxylation is 3. The standard InChI is InChI=1S/C19H20ClFN8/c1-12-14(10-28(3)26-12)15-8-13(9-22)16(17(20)24-15)29-6-4-19(21,5-7-29)18-25-23-11-27(18)2/h8,10-11H,4-7H2,1-3H3. The molecule has 0 amide bonds. The SMILES string of the molecule is Cc1nn(C)cc1-c1cc(C#N)c(N2CCC(F)(c3nncn3C)CC2)c(Cl)n1. The average molecular weight is 415 g/mol. The van der Waals surface area contributed by atoms with Crippen LogP contribution in [0.25, 0.3) is 11.3 Å². The van der Waals surface area contributed by atoms with Crippen molar-refractivity contribution < 1.29 is 4.39 Å². The highest BCUT2D eigenvalue weighted by molar-refractivity contribution is 6.32. The lowest BCUT2D eigenvalue weighted by atomic mass is 9.91. The van der Waals surface area contributed by atoms with E-state index in [0.717, 1.165) is 11.3 Å². The molecule has 3 aromatic heterocycles. The van der Waals surface area contributed by atoms with Gasteiger partial charge in [0.1, 0.15) is 12.4 Å². The van der Waals surface area contributed by atoms with Gasteiger partial charge in [-0.15, -0.1) is 10.2 Å². The van der Waals surface area contributed by atoms with E-state index in [9.17, 15) is 5.26 Å². The van der Waals surface area contributed by atoms with E-state index in [0.29, 0.717) is 35.9 Å². The molecule has 0 N–H and O–H groups in total. The van der Waals surface area contributed by atoms with Crippen LogP contribution in [0, 0.1) is 18.3 Å². The van der Waals surface area contributed by atoms with E-state index in [4.69, 9.17) is 11.6 Å². The fourth-order valence-electron chi connectivity index (χ4n) is 3.88. The molecule has 29 heavy (non-hydrogen) atoms. The van der Waals surface area contributed by atoms with Gasteiger partial charge in [0.15, 0.2) is 16.6 Å². The van der Waals surface area contributed by atoms with Gasteiger partial charge < -0.3 is 9.47 Å². The van der Waals surface area contributed by atoms with Gasteiger partial charge in [0, 0.05) is 51.8 Å². The van der Waals surface area contributed by atoms with Gasteiger partial charge in [-0.05, 0) is 13.0 Å². The zero-order valence-electron chi connectivity index (χ0n) is 16.4. The van der Waals surface area contributed by atoms with Crippen LogP contribution in [0.2, 0.25) is 5.15 Å². The Morgan fingerprint density at radius 1 is 1.28 bits per heavy atom. The lowest BCUT2D eigenvalue weighted by Gasteiger charge is -2.37. The predicted molar refractivity (Wildman–Crippen MR) is 106 cm³/mol. The van der Waals surface area contributed by atoms with Crippen LogP contribution >= 0.6 is 11.6 Å². The Hall–Kier alpha value is -2.99. The molecule has 4 rings (SSSR count). The third kappa shape index (κ3) is 3.34. The number of alkyl halides is 1. The third-order valence-corrected chi connectivity index (χ3v) is 5.61. The summed E-state index contributed by atoms with van der Waals surface area (Å²) < 4.78 is 18.7. The van der Waals surface area contributed by atoms with Crippen LogP contribution in [-0.4, -0.2) is 42.6 Å². The van der Waals surface area contributed by atoms with Gasteiger partial charge in [-0.1, -0.05) is 11.6 Å². The molecule has 0 bridgehead atoms. The first-order chi connectivity index (χ1) is 13.8. The van der Waals surface area contributed by atoms with Crippen molar-refractivity contribution in [3.8, 4) is 17.3 Å². The first kappa shape index (κ1) is 19.3. The first-order valence-corrected chi connectivity index (χ1v) is 9.60. The summed E-state index contributed by atoms with van der Waals surface area (Å²) in [6, 6.07) is 3.93. The Balaban J connectivity index is 1.64. The minimum Gasteiger partial charge on any atom is -0.368 e. The summed E-state index contributed by atoms with van der Waals surface area (Å²) in [5.74, 6) is 0.323. The molecule has 0 aromatic carbocycles. The van der Waals surface area contributed by atoms with Crippen molar-refractivity contribution in [3.05, 3.63) is 40.8 Å². The summed E-state index contributed by atoms with van der Waals surface area (Å²) in [5, 5.41) is 22.0. The number of aromatic nitrogens is 6. The highest BCUT2D eigenvalue weighted by atomic mass is 35.5. The molecular formula is C19H20ClFN8. The number of rotatable bonds is 3. The molecule has 4 heterocycles. The van der Waals surface area contributed by atoms with Crippen molar-refractivity contribution >= 4 is 17.3 Å². The first-order valence-electron chi connectivity index (χ1n) is 9.22. The summed E-state index contributed by atoms with van der Waals surface area (Å²) in [6.45, 7) is 2.66. The maximum absolute atomic E-state index is 15.4. The van der Waals surface area contributed by atoms with E-state index in [1.54, 1.807) is 22.4 Å². The van der Waals surface area contributed by atoms with Crippen molar-refractivity contribution in [2.45, 2.75) is 25.4 Å². The fourth-order valence-corrected chi connectivity index (χ4v) is 4.19. The predicted octanol–water partition coefficient (Wildman–Crippen LogP) is 2.91. The molecule has 0 atom stereocenters. The number of pyridine rings is 1. The largest absolute Gasteiger partial charge is 0.368 e. The molecule has 1 fully saturated rings. The van der Waals surface area contributed by atoms with Crippen LogP contribution < -0.4 is 4.90 Å².